The Morgan fingerprint density at radius 2 is 2.29 bits per heavy atom. The van der Waals surface area contributed by atoms with Gasteiger partial charge in [-0.3, -0.25) is 0 Å². The Kier molecular flexibility index (Phi) is 3.07. The lowest BCUT2D eigenvalue weighted by atomic mass is 10.0. The molecule has 0 spiro atoms. The number of aliphatic hydroxyl groups excluding tert-OH is 1. The second-order valence-electron chi connectivity index (χ2n) is 4.51. The van der Waals surface area contributed by atoms with Crippen molar-refractivity contribution in [3.8, 4) is 0 Å². The van der Waals surface area contributed by atoms with E-state index in [4.69, 9.17) is 4.74 Å². The van der Waals surface area contributed by atoms with E-state index in [1.165, 1.54) is 0 Å². The Bertz CT molecular complexity index is 192. The quantitative estimate of drug-likeness (QED) is 0.583. The Hall–Kier alpha value is -0.160. The summed E-state index contributed by atoms with van der Waals surface area (Å²) in [4.78, 5) is 0. The largest absolute Gasteiger partial charge is 0.392 e. The molecule has 2 rings (SSSR count). The van der Waals surface area contributed by atoms with Crippen LogP contribution in [0.1, 0.15) is 25.7 Å². The van der Waals surface area contributed by atoms with Crippen molar-refractivity contribution in [2.75, 3.05) is 19.8 Å². The summed E-state index contributed by atoms with van der Waals surface area (Å²) >= 11 is 0. The van der Waals surface area contributed by atoms with E-state index in [-0.39, 0.29) is 12.1 Å². The minimum absolute atomic E-state index is 0.166. The Balaban J connectivity index is 1.75. The molecule has 2 fully saturated rings. The molecule has 14 heavy (non-hydrogen) atoms. The molecule has 4 nitrogen and oxygen atoms in total. The molecule has 0 aromatic heterocycles. The van der Waals surface area contributed by atoms with Crippen molar-refractivity contribution < 1.29 is 14.9 Å². The minimum Gasteiger partial charge on any atom is -0.392 e. The standard InChI is InChI=1S/C10H19NO3/c12-9-3-1-2-8(9)11-6-10(13)4-5-14-7-10/h8-9,11-13H,1-7H2. The highest BCUT2D eigenvalue weighted by molar-refractivity contribution is 4.89. The smallest absolute Gasteiger partial charge is 0.103 e. The first-order valence-corrected chi connectivity index (χ1v) is 5.41. The molecule has 0 radical (unpaired) electrons. The van der Waals surface area contributed by atoms with E-state index in [1.54, 1.807) is 0 Å². The van der Waals surface area contributed by atoms with E-state index in [9.17, 15) is 10.2 Å². The zero-order chi connectivity index (χ0) is 10.0. The lowest BCUT2D eigenvalue weighted by molar-refractivity contribution is 0.0205. The highest BCUT2D eigenvalue weighted by Crippen LogP contribution is 2.21. The Labute approximate surface area is 84.3 Å². The predicted octanol–water partition coefficient (Wildman–Crippen LogP) is -0.359. The molecule has 3 atom stereocenters. The second kappa shape index (κ2) is 4.14. The highest BCUT2D eigenvalue weighted by atomic mass is 16.5. The van der Waals surface area contributed by atoms with E-state index >= 15 is 0 Å². The van der Waals surface area contributed by atoms with Crippen LogP contribution < -0.4 is 5.32 Å². The van der Waals surface area contributed by atoms with Crippen LogP contribution in [0, 0.1) is 0 Å². The van der Waals surface area contributed by atoms with Crippen molar-refractivity contribution in [3.05, 3.63) is 0 Å². The molecule has 3 unspecified atom stereocenters. The molecule has 1 aliphatic carbocycles. The molecule has 0 aromatic carbocycles. The van der Waals surface area contributed by atoms with Crippen LogP contribution in [-0.2, 0) is 4.74 Å². The van der Waals surface area contributed by atoms with Gasteiger partial charge < -0.3 is 20.3 Å². The molecule has 0 aromatic rings. The Morgan fingerprint density at radius 3 is 2.86 bits per heavy atom. The van der Waals surface area contributed by atoms with Crippen LogP contribution in [0.2, 0.25) is 0 Å². The average molecular weight is 201 g/mol. The summed E-state index contributed by atoms with van der Waals surface area (Å²) in [5, 5.41) is 22.8. The summed E-state index contributed by atoms with van der Waals surface area (Å²) in [6, 6.07) is 0.166. The average Bonchev–Trinajstić information content (AvgIpc) is 2.73. The van der Waals surface area contributed by atoms with Gasteiger partial charge in [-0.25, -0.2) is 0 Å². The van der Waals surface area contributed by atoms with E-state index in [0.717, 1.165) is 19.3 Å². The van der Waals surface area contributed by atoms with Crippen LogP contribution in [0.3, 0.4) is 0 Å². The Morgan fingerprint density at radius 1 is 1.43 bits per heavy atom. The van der Waals surface area contributed by atoms with Crippen LogP contribution in [0.4, 0.5) is 0 Å². The molecule has 1 heterocycles. The number of aliphatic hydroxyl groups is 2. The zero-order valence-electron chi connectivity index (χ0n) is 8.41. The number of hydrogen-bond acceptors (Lipinski definition) is 4. The van der Waals surface area contributed by atoms with Crippen LogP contribution in [0.15, 0.2) is 0 Å². The van der Waals surface area contributed by atoms with Gasteiger partial charge in [-0.15, -0.1) is 0 Å². The van der Waals surface area contributed by atoms with E-state index in [1.807, 2.05) is 0 Å². The summed E-state index contributed by atoms with van der Waals surface area (Å²) in [6.07, 6.45) is 3.43. The number of hydrogen-bond donors (Lipinski definition) is 3. The van der Waals surface area contributed by atoms with Crippen LogP contribution in [0.5, 0.6) is 0 Å². The maximum atomic E-state index is 9.97. The third kappa shape index (κ3) is 2.25. The van der Waals surface area contributed by atoms with E-state index in [0.29, 0.717) is 26.2 Å². The summed E-state index contributed by atoms with van der Waals surface area (Å²) in [5.74, 6) is 0. The fourth-order valence-electron chi connectivity index (χ4n) is 2.24. The lowest BCUT2D eigenvalue weighted by Crippen LogP contribution is -2.47. The summed E-state index contributed by atoms with van der Waals surface area (Å²) in [7, 11) is 0. The third-order valence-electron chi connectivity index (χ3n) is 3.26. The molecule has 3 N–H and O–H groups in total. The SMILES string of the molecule is OC1CCCC1NCC1(O)CCOC1. The molecule has 1 saturated heterocycles. The number of ether oxygens (including phenoxy) is 1. The summed E-state index contributed by atoms with van der Waals surface area (Å²) < 4.78 is 5.15. The molecule has 0 amide bonds. The maximum Gasteiger partial charge on any atom is 0.103 e. The molecular formula is C10H19NO3. The van der Waals surface area contributed by atoms with Gasteiger partial charge in [0.15, 0.2) is 0 Å². The van der Waals surface area contributed by atoms with E-state index in [2.05, 4.69) is 5.32 Å². The number of rotatable bonds is 3. The van der Waals surface area contributed by atoms with Gasteiger partial charge in [0.25, 0.3) is 0 Å². The van der Waals surface area contributed by atoms with Crippen molar-refractivity contribution in [3.63, 3.8) is 0 Å². The minimum atomic E-state index is -0.706. The lowest BCUT2D eigenvalue weighted by Gasteiger charge is -2.24. The van der Waals surface area contributed by atoms with Gasteiger partial charge in [0.05, 0.1) is 12.7 Å². The van der Waals surface area contributed by atoms with Gasteiger partial charge in [0.1, 0.15) is 5.60 Å². The summed E-state index contributed by atoms with van der Waals surface area (Å²) in [5.41, 5.74) is -0.706. The molecule has 4 heteroatoms. The van der Waals surface area contributed by atoms with E-state index < -0.39 is 5.60 Å². The van der Waals surface area contributed by atoms with Gasteiger partial charge in [0, 0.05) is 25.6 Å². The van der Waals surface area contributed by atoms with Gasteiger partial charge in [-0.1, -0.05) is 0 Å². The predicted molar refractivity (Wildman–Crippen MR) is 52.0 cm³/mol. The van der Waals surface area contributed by atoms with Gasteiger partial charge in [-0.05, 0) is 19.3 Å². The topological polar surface area (TPSA) is 61.7 Å². The fourth-order valence-corrected chi connectivity index (χ4v) is 2.24. The van der Waals surface area contributed by atoms with Crippen LogP contribution in [-0.4, -0.2) is 47.7 Å². The third-order valence-corrected chi connectivity index (χ3v) is 3.26. The van der Waals surface area contributed by atoms with Crippen LogP contribution >= 0.6 is 0 Å². The van der Waals surface area contributed by atoms with Crippen molar-refractivity contribution in [2.24, 2.45) is 0 Å². The first-order valence-electron chi connectivity index (χ1n) is 5.41. The molecule has 2 aliphatic rings. The first-order chi connectivity index (χ1) is 6.70. The first kappa shape index (κ1) is 10.4. The normalized spacial score (nSPS) is 43.3. The van der Waals surface area contributed by atoms with Crippen molar-refractivity contribution in [2.45, 2.75) is 43.4 Å². The zero-order valence-corrected chi connectivity index (χ0v) is 8.41. The molecule has 82 valence electrons. The van der Waals surface area contributed by atoms with Crippen molar-refractivity contribution >= 4 is 0 Å². The van der Waals surface area contributed by atoms with Crippen molar-refractivity contribution in [1.82, 2.24) is 5.32 Å². The molecular weight excluding hydrogens is 182 g/mol. The fraction of sp³-hybridized carbons (Fsp3) is 1.00. The van der Waals surface area contributed by atoms with Gasteiger partial charge in [0.2, 0.25) is 0 Å². The maximum absolute atomic E-state index is 9.97. The molecule has 0 bridgehead atoms. The van der Waals surface area contributed by atoms with Crippen LogP contribution in [0.25, 0.3) is 0 Å². The molecule has 1 aliphatic heterocycles. The molecule has 1 saturated carbocycles. The highest BCUT2D eigenvalue weighted by Gasteiger charge is 2.34. The second-order valence-corrected chi connectivity index (χ2v) is 4.51. The van der Waals surface area contributed by atoms with Gasteiger partial charge >= 0.3 is 0 Å². The van der Waals surface area contributed by atoms with Crippen molar-refractivity contribution in [1.29, 1.82) is 0 Å². The number of nitrogens with one attached hydrogen (secondary N) is 1. The monoisotopic (exact) mass is 201 g/mol. The summed E-state index contributed by atoms with van der Waals surface area (Å²) in [6.45, 7) is 1.60. The van der Waals surface area contributed by atoms with Gasteiger partial charge in [-0.2, -0.15) is 0 Å².